The molecule has 0 aliphatic rings. The van der Waals surface area contributed by atoms with Gasteiger partial charge in [0, 0.05) is 18.4 Å². The molecular formula is C27H38FNO4. The number of halogens is 1. The average molecular weight is 460 g/mol. The number of carbonyl (C=O) groups excluding carboxylic acids is 2. The molecule has 33 heavy (non-hydrogen) atoms. The van der Waals surface area contributed by atoms with E-state index in [1.54, 1.807) is 31.4 Å². The first-order valence-corrected chi connectivity index (χ1v) is 11.7. The zero-order chi connectivity index (χ0) is 24.3. The fourth-order valence-electron chi connectivity index (χ4n) is 3.03. The predicted octanol–water partition coefficient (Wildman–Crippen LogP) is 6.08. The lowest BCUT2D eigenvalue weighted by molar-refractivity contribution is -0.118. The molecule has 0 heterocycles. The highest BCUT2D eigenvalue weighted by atomic mass is 19.1. The summed E-state index contributed by atoms with van der Waals surface area (Å²) >= 11 is 0. The molecule has 0 unspecified atom stereocenters. The number of nitrogens with two attached hydrogens (primary N) is 1. The van der Waals surface area contributed by atoms with Gasteiger partial charge in [-0.1, -0.05) is 25.5 Å². The van der Waals surface area contributed by atoms with Crippen molar-refractivity contribution in [2.24, 2.45) is 5.73 Å². The van der Waals surface area contributed by atoms with Crippen LogP contribution < -0.4 is 15.2 Å². The highest BCUT2D eigenvalue weighted by Crippen LogP contribution is 2.15. The number of benzene rings is 2. The average Bonchev–Trinajstić information content (AvgIpc) is 2.84. The van der Waals surface area contributed by atoms with Gasteiger partial charge in [0.15, 0.2) is 5.78 Å². The standard InChI is InChI=1S/C14H21FO.C13H17NO3/c1-2-3-6-13-7-9-14(10-8-13)16-12-5-4-11-15;1-17-11-8-6-10(7-9-11)12(15)4-2-3-5-13(14)16/h7-10H,2-6,11-12H2,1H3;6-9H,2-5H2,1H3,(H2,14,16). The van der Waals surface area contributed by atoms with E-state index in [0.29, 0.717) is 44.3 Å². The molecule has 0 aliphatic carbocycles. The second kappa shape index (κ2) is 17.6. The van der Waals surface area contributed by atoms with E-state index in [2.05, 4.69) is 19.1 Å². The molecule has 182 valence electrons. The Kier molecular flexibility index (Phi) is 15.0. The summed E-state index contributed by atoms with van der Waals surface area (Å²) in [6.07, 6.45) is 7.11. The molecule has 6 heteroatoms. The second-order valence-corrected chi connectivity index (χ2v) is 7.82. The summed E-state index contributed by atoms with van der Waals surface area (Å²) in [4.78, 5) is 22.2. The van der Waals surface area contributed by atoms with Gasteiger partial charge in [0.05, 0.1) is 20.4 Å². The first-order valence-electron chi connectivity index (χ1n) is 11.7. The summed E-state index contributed by atoms with van der Waals surface area (Å²) in [5.74, 6) is 1.38. The van der Waals surface area contributed by atoms with Crippen LogP contribution in [0.2, 0.25) is 0 Å². The third kappa shape index (κ3) is 13.3. The maximum Gasteiger partial charge on any atom is 0.217 e. The normalized spacial score (nSPS) is 10.2. The number of methoxy groups -OCH3 is 1. The molecule has 0 saturated heterocycles. The lowest BCUT2D eigenvalue weighted by Crippen LogP contribution is -2.10. The van der Waals surface area contributed by atoms with Gasteiger partial charge in [-0.2, -0.15) is 0 Å². The van der Waals surface area contributed by atoms with Gasteiger partial charge in [-0.05, 0) is 80.5 Å². The van der Waals surface area contributed by atoms with Crippen molar-refractivity contribution in [1.82, 2.24) is 0 Å². The Morgan fingerprint density at radius 1 is 0.848 bits per heavy atom. The molecule has 0 aliphatic heterocycles. The number of amides is 1. The van der Waals surface area contributed by atoms with Crippen LogP contribution in [0.3, 0.4) is 0 Å². The SMILES string of the molecule is CCCCc1ccc(OCCCCF)cc1.COc1ccc(C(=O)CCCCC(N)=O)cc1. The van der Waals surface area contributed by atoms with Crippen LogP contribution in [-0.2, 0) is 11.2 Å². The van der Waals surface area contributed by atoms with Crippen molar-refractivity contribution in [2.45, 2.75) is 64.7 Å². The summed E-state index contributed by atoms with van der Waals surface area (Å²) in [6, 6.07) is 15.2. The monoisotopic (exact) mass is 459 g/mol. The van der Waals surface area contributed by atoms with E-state index >= 15 is 0 Å². The van der Waals surface area contributed by atoms with Crippen LogP contribution >= 0.6 is 0 Å². The number of hydrogen-bond donors (Lipinski definition) is 1. The molecule has 2 aromatic carbocycles. The quantitative estimate of drug-likeness (QED) is 0.258. The fourth-order valence-corrected chi connectivity index (χ4v) is 3.03. The second-order valence-electron chi connectivity index (χ2n) is 7.82. The minimum atomic E-state index is -0.318. The molecule has 0 bridgehead atoms. The molecule has 0 saturated carbocycles. The van der Waals surface area contributed by atoms with Crippen LogP contribution in [0.4, 0.5) is 4.39 Å². The molecule has 2 rings (SSSR count). The number of hydrogen-bond acceptors (Lipinski definition) is 4. The maximum absolute atomic E-state index is 11.8. The van der Waals surface area contributed by atoms with Gasteiger partial charge >= 0.3 is 0 Å². The molecule has 0 spiro atoms. The number of rotatable bonds is 15. The molecule has 0 atom stereocenters. The molecule has 2 aromatic rings. The smallest absolute Gasteiger partial charge is 0.217 e. The molecule has 1 amide bonds. The van der Waals surface area contributed by atoms with E-state index in [4.69, 9.17) is 15.2 Å². The topological polar surface area (TPSA) is 78.6 Å². The van der Waals surface area contributed by atoms with Crippen molar-refractivity contribution in [1.29, 1.82) is 0 Å². The Morgan fingerprint density at radius 2 is 1.48 bits per heavy atom. The van der Waals surface area contributed by atoms with E-state index in [1.807, 2.05) is 12.1 Å². The first kappa shape index (κ1) is 28.1. The summed E-state index contributed by atoms with van der Waals surface area (Å²) in [5.41, 5.74) is 7.05. The van der Waals surface area contributed by atoms with Crippen LogP contribution in [0.25, 0.3) is 0 Å². The summed E-state index contributed by atoms with van der Waals surface area (Å²) in [6.45, 7) is 2.56. The van der Waals surface area contributed by atoms with Crippen molar-refractivity contribution in [3.63, 3.8) is 0 Å². The van der Waals surface area contributed by atoms with Crippen LogP contribution in [0, 0.1) is 0 Å². The van der Waals surface area contributed by atoms with Gasteiger partial charge in [-0.3, -0.25) is 14.0 Å². The zero-order valence-corrected chi connectivity index (χ0v) is 20.0. The van der Waals surface area contributed by atoms with E-state index in [1.165, 1.54) is 18.4 Å². The number of primary amides is 1. The minimum absolute atomic E-state index is 0.0807. The van der Waals surface area contributed by atoms with Gasteiger partial charge < -0.3 is 15.2 Å². The minimum Gasteiger partial charge on any atom is -0.497 e. The number of carbonyl (C=O) groups is 2. The van der Waals surface area contributed by atoms with Gasteiger partial charge in [0.2, 0.25) is 5.91 Å². The first-order chi connectivity index (χ1) is 16.0. The maximum atomic E-state index is 11.8. The molecule has 2 N–H and O–H groups in total. The van der Waals surface area contributed by atoms with Crippen molar-refractivity contribution in [2.75, 3.05) is 20.4 Å². The van der Waals surface area contributed by atoms with Crippen LogP contribution in [0.1, 0.15) is 74.2 Å². The third-order valence-corrected chi connectivity index (χ3v) is 5.03. The van der Waals surface area contributed by atoms with E-state index in [9.17, 15) is 14.0 Å². The number of ketones is 1. The van der Waals surface area contributed by atoms with Crippen molar-refractivity contribution in [3.05, 3.63) is 59.7 Å². The Labute approximate surface area is 197 Å². The number of aryl methyl sites for hydroxylation is 1. The molecule has 0 aromatic heterocycles. The van der Waals surface area contributed by atoms with Crippen molar-refractivity contribution in [3.8, 4) is 11.5 Å². The lowest BCUT2D eigenvalue weighted by Gasteiger charge is -2.06. The van der Waals surface area contributed by atoms with Crippen LogP contribution in [0.15, 0.2) is 48.5 Å². The van der Waals surface area contributed by atoms with Gasteiger partial charge in [0.25, 0.3) is 0 Å². The Morgan fingerprint density at radius 3 is 2.06 bits per heavy atom. The number of alkyl halides is 1. The zero-order valence-electron chi connectivity index (χ0n) is 20.0. The van der Waals surface area contributed by atoms with Gasteiger partial charge in [-0.25, -0.2) is 0 Å². The highest BCUT2D eigenvalue weighted by Gasteiger charge is 2.06. The summed E-state index contributed by atoms with van der Waals surface area (Å²) in [5, 5.41) is 0. The predicted molar refractivity (Wildman–Crippen MR) is 131 cm³/mol. The van der Waals surface area contributed by atoms with E-state index < -0.39 is 0 Å². The van der Waals surface area contributed by atoms with Gasteiger partial charge in [-0.15, -0.1) is 0 Å². The summed E-state index contributed by atoms with van der Waals surface area (Å²) in [7, 11) is 1.58. The Bertz CT molecular complexity index is 791. The molecule has 0 fully saturated rings. The highest BCUT2D eigenvalue weighted by molar-refractivity contribution is 5.96. The van der Waals surface area contributed by atoms with Crippen LogP contribution in [0.5, 0.6) is 11.5 Å². The number of Topliss-reactive ketones (excluding diaryl/α,β-unsaturated/α-hetero) is 1. The number of ether oxygens (including phenoxy) is 2. The molecular weight excluding hydrogens is 421 g/mol. The van der Waals surface area contributed by atoms with E-state index in [-0.39, 0.29) is 18.4 Å². The lowest BCUT2D eigenvalue weighted by atomic mass is 10.0. The largest absolute Gasteiger partial charge is 0.497 e. The van der Waals surface area contributed by atoms with Gasteiger partial charge in [0.1, 0.15) is 11.5 Å². The molecule has 0 radical (unpaired) electrons. The molecule has 5 nitrogen and oxygen atoms in total. The van der Waals surface area contributed by atoms with Crippen molar-refractivity contribution >= 4 is 11.7 Å². The Hall–Kier alpha value is -2.89. The summed E-state index contributed by atoms with van der Waals surface area (Å²) < 4.78 is 22.3. The van der Waals surface area contributed by atoms with Crippen LogP contribution in [-0.4, -0.2) is 32.1 Å². The Balaban J connectivity index is 0.000000331. The number of unbranched alkanes of at least 4 members (excludes halogenated alkanes) is 3. The van der Waals surface area contributed by atoms with E-state index in [0.717, 1.165) is 24.3 Å². The van der Waals surface area contributed by atoms with Crippen molar-refractivity contribution < 1.29 is 23.5 Å². The fraction of sp³-hybridized carbons (Fsp3) is 0.481. The third-order valence-electron chi connectivity index (χ3n) is 5.03.